The number of rotatable bonds is 8. The number of nitrogens with zero attached hydrogens (tertiary/aromatic N) is 6. The van der Waals surface area contributed by atoms with Gasteiger partial charge in [0.1, 0.15) is 5.75 Å². The van der Waals surface area contributed by atoms with Crippen LogP contribution in [-0.4, -0.2) is 106 Å². The van der Waals surface area contributed by atoms with E-state index in [9.17, 15) is 23.3 Å². The van der Waals surface area contributed by atoms with Gasteiger partial charge in [0.25, 0.3) is 21.5 Å². The molecular formula is C34H38N6O7S. The number of benzene rings is 2. The normalized spacial score (nSPS) is 20.7. The minimum Gasteiger partial charge on any atom is -0.497 e. The Hall–Kier alpha value is -4.71. The molecule has 2 saturated heterocycles. The molecule has 1 aromatic heterocycles. The van der Waals surface area contributed by atoms with Crippen molar-refractivity contribution < 1.29 is 32.2 Å². The van der Waals surface area contributed by atoms with Crippen molar-refractivity contribution in [1.82, 2.24) is 19.7 Å². The van der Waals surface area contributed by atoms with Gasteiger partial charge in [-0.1, -0.05) is 0 Å². The molecule has 2 aromatic carbocycles. The number of methoxy groups -OCH3 is 1. The number of hydrogen-bond acceptors (Lipinski definition) is 11. The number of amides is 2. The van der Waals surface area contributed by atoms with E-state index in [-0.39, 0.29) is 39.8 Å². The molecule has 3 aromatic rings. The molecule has 2 amide bonds. The van der Waals surface area contributed by atoms with Gasteiger partial charge in [0, 0.05) is 44.0 Å². The minimum absolute atomic E-state index is 0.00904. The average molecular weight is 675 g/mol. The van der Waals surface area contributed by atoms with Gasteiger partial charge in [-0.3, -0.25) is 9.69 Å². The van der Waals surface area contributed by atoms with Crippen LogP contribution in [0, 0.1) is 11.3 Å². The number of carbonyl (C=O) groups excluding carboxylic acids is 2. The highest BCUT2D eigenvalue weighted by Gasteiger charge is 2.61. The van der Waals surface area contributed by atoms with Crippen molar-refractivity contribution in [2.24, 2.45) is 0 Å². The highest BCUT2D eigenvalue weighted by atomic mass is 32.2. The number of anilines is 1. The summed E-state index contributed by atoms with van der Waals surface area (Å²) in [6.07, 6.45) is 2.77. The van der Waals surface area contributed by atoms with Gasteiger partial charge in [0.15, 0.2) is 0 Å². The maximum Gasteiger partial charge on any atom is 0.411 e. The van der Waals surface area contributed by atoms with Crippen LogP contribution < -0.4 is 13.8 Å². The van der Waals surface area contributed by atoms with Crippen LogP contribution in [0.2, 0.25) is 0 Å². The maximum atomic E-state index is 14.9. The molecule has 1 atom stereocenters. The topological polar surface area (TPSA) is 146 Å². The van der Waals surface area contributed by atoms with Crippen molar-refractivity contribution >= 4 is 27.7 Å². The summed E-state index contributed by atoms with van der Waals surface area (Å²) in [5.74, 6) is -0.641. The number of piperazine rings is 1. The summed E-state index contributed by atoms with van der Waals surface area (Å²) in [4.78, 5) is 39.5. The lowest BCUT2D eigenvalue weighted by atomic mass is 9.87. The van der Waals surface area contributed by atoms with Gasteiger partial charge >= 0.3 is 6.09 Å². The average Bonchev–Trinajstić information content (AvgIpc) is 3.36. The highest BCUT2D eigenvalue weighted by Crippen LogP contribution is 2.51. The zero-order valence-electron chi connectivity index (χ0n) is 27.2. The van der Waals surface area contributed by atoms with E-state index in [4.69, 9.17) is 14.2 Å². The van der Waals surface area contributed by atoms with Crippen molar-refractivity contribution in [2.45, 2.75) is 36.3 Å². The standard InChI is InChI=1S/C34H38N6O7S/c1-4-46-31-28(6-5-15-36-31)34(47-33(42)39-20-18-38(19-21-39)25-13-16-37(2)17-14-25)29-22-24(23-35)7-12-30(29)40(32(34)41)48(43,44)27-10-8-26(45-3)9-11-27/h5-12,15,22,25H,4,13-14,16-21H2,1-3H3. The maximum absolute atomic E-state index is 14.9. The zero-order chi connectivity index (χ0) is 34.1. The Morgan fingerprint density at radius 3 is 2.38 bits per heavy atom. The van der Waals surface area contributed by atoms with E-state index in [2.05, 4.69) is 27.9 Å². The lowest BCUT2D eigenvalue weighted by Crippen LogP contribution is -2.55. The van der Waals surface area contributed by atoms with E-state index in [0.29, 0.717) is 42.3 Å². The summed E-state index contributed by atoms with van der Waals surface area (Å²) in [5.41, 5.74) is -2.21. The zero-order valence-corrected chi connectivity index (χ0v) is 28.0. The summed E-state index contributed by atoms with van der Waals surface area (Å²) >= 11 is 0. The largest absolute Gasteiger partial charge is 0.497 e. The van der Waals surface area contributed by atoms with Crippen LogP contribution in [-0.2, 0) is 25.2 Å². The van der Waals surface area contributed by atoms with Crippen molar-refractivity contribution in [3.63, 3.8) is 0 Å². The number of ether oxygens (including phenoxy) is 3. The molecule has 13 nitrogen and oxygen atoms in total. The van der Waals surface area contributed by atoms with Crippen molar-refractivity contribution in [2.75, 3.05) is 64.3 Å². The van der Waals surface area contributed by atoms with Crippen LogP contribution in [0.1, 0.15) is 36.5 Å². The molecule has 0 bridgehead atoms. The highest BCUT2D eigenvalue weighted by molar-refractivity contribution is 7.93. The van der Waals surface area contributed by atoms with Crippen LogP contribution in [0.15, 0.2) is 65.7 Å². The fourth-order valence-corrected chi connectivity index (χ4v) is 8.13. The van der Waals surface area contributed by atoms with Crippen molar-refractivity contribution in [1.29, 1.82) is 5.26 Å². The number of fused-ring (bicyclic) bond motifs is 1. The summed E-state index contributed by atoms with van der Waals surface area (Å²) in [5, 5.41) is 9.86. The molecule has 4 heterocycles. The summed E-state index contributed by atoms with van der Waals surface area (Å²) in [7, 11) is -0.994. The summed E-state index contributed by atoms with van der Waals surface area (Å²) < 4.78 is 46.5. The first-order valence-corrected chi connectivity index (χ1v) is 17.3. The third kappa shape index (κ3) is 5.82. The molecular weight excluding hydrogens is 636 g/mol. The third-order valence-electron chi connectivity index (χ3n) is 9.26. The first kappa shape index (κ1) is 33.2. The number of aromatic nitrogens is 1. The number of carbonyl (C=O) groups is 2. The monoisotopic (exact) mass is 674 g/mol. The minimum atomic E-state index is -4.57. The number of sulfonamides is 1. The van der Waals surface area contributed by atoms with Gasteiger partial charge in [0.2, 0.25) is 5.88 Å². The van der Waals surface area contributed by atoms with E-state index in [1.165, 1.54) is 66.7 Å². The van der Waals surface area contributed by atoms with Gasteiger partial charge in [-0.05, 0) is 94.5 Å². The van der Waals surface area contributed by atoms with E-state index >= 15 is 0 Å². The second-order valence-corrected chi connectivity index (χ2v) is 13.8. The molecule has 0 aliphatic carbocycles. The van der Waals surface area contributed by atoms with Crippen LogP contribution in [0.3, 0.4) is 0 Å². The third-order valence-corrected chi connectivity index (χ3v) is 11.0. The second kappa shape index (κ2) is 13.4. The summed E-state index contributed by atoms with van der Waals surface area (Å²) in [6.45, 7) is 5.93. The van der Waals surface area contributed by atoms with Gasteiger partial charge in [-0.2, -0.15) is 9.57 Å². The van der Waals surface area contributed by atoms with Gasteiger partial charge < -0.3 is 24.0 Å². The Balaban J connectivity index is 1.43. The van der Waals surface area contributed by atoms with Gasteiger partial charge in [-0.25, -0.2) is 18.2 Å². The Bertz CT molecular complexity index is 1830. The molecule has 0 radical (unpaired) electrons. The van der Waals surface area contributed by atoms with Crippen LogP contribution in [0.25, 0.3) is 0 Å². The second-order valence-electron chi connectivity index (χ2n) is 12.0. The lowest BCUT2D eigenvalue weighted by molar-refractivity contribution is -0.132. The fourth-order valence-electron chi connectivity index (χ4n) is 6.67. The smallest absolute Gasteiger partial charge is 0.411 e. The van der Waals surface area contributed by atoms with Gasteiger partial charge in [-0.15, -0.1) is 0 Å². The predicted octanol–water partition coefficient (Wildman–Crippen LogP) is 3.19. The molecule has 0 spiro atoms. The van der Waals surface area contributed by atoms with Crippen LogP contribution in [0.5, 0.6) is 11.6 Å². The number of hydrogen-bond donors (Lipinski definition) is 0. The molecule has 0 N–H and O–H groups in total. The molecule has 6 rings (SSSR count). The molecule has 252 valence electrons. The Morgan fingerprint density at radius 1 is 1.02 bits per heavy atom. The number of likely N-dealkylation sites (tertiary alicyclic amines) is 1. The summed E-state index contributed by atoms with van der Waals surface area (Å²) in [6, 6.07) is 15.3. The Kier molecular flexibility index (Phi) is 9.28. The number of pyridine rings is 1. The van der Waals surface area contributed by atoms with E-state index < -0.39 is 27.6 Å². The molecule has 2 fully saturated rings. The lowest BCUT2D eigenvalue weighted by Gasteiger charge is -2.42. The van der Waals surface area contributed by atoms with Crippen molar-refractivity contribution in [3.05, 3.63) is 77.5 Å². The van der Waals surface area contributed by atoms with E-state index in [0.717, 1.165) is 25.9 Å². The molecule has 48 heavy (non-hydrogen) atoms. The molecule has 3 aliphatic heterocycles. The fraction of sp³-hybridized carbons (Fsp3) is 0.412. The van der Waals surface area contributed by atoms with Crippen LogP contribution >= 0.6 is 0 Å². The van der Waals surface area contributed by atoms with E-state index in [1.807, 2.05) is 0 Å². The first-order valence-electron chi connectivity index (χ1n) is 15.9. The van der Waals surface area contributed by atoms with Crippen LogP contribution in [0.4, 0.5) is 10.5 Å². The Labute approximate surface area is 280 Å². The SMILES string of the molecule is CCOc1ncccc1C1(OC(=O)N2CCN(C3CCN(C)CC3)CC2)C(=O)N(S(=O)(=O)c2ccc(OC)cc2)c2ccc(C#N)cc21. The molecule has 3 aliphatic rings. The first-order chi connectivity index (χ1) is 23.1. The predicted molar refractivity (Wildman–Crippen MR) is 175 cm³/mol. The quantitative estimate of drug-likeness (QED) is 0.347. The number of nitriles is 1. The Morgan fingerprint density at radius 2 is 1.73 bits per heavy atom. The number of piperidine rings is 1. The van der Waals surface area contributed by atoms with E-state index in [1.54, 1.807) is 13.0 Å². The molecule has 14 heteroatoms. The molecule has 1 unspecified atom stereocenters. The molecule has 0 saturated carbocycles. The van der Waals surface area contributed by atoms with Gasteiger partial charge in [0.05, 0.1) is 41.5 Å². The van der Waals surface area contributed by atoms with Crippen molar-refractivity contribution in [3.8, 4) is 17.7 Å².